The fourth-order valence-corrected chi connectivity index (χ4v) is 3.25. The van der Waals surface area contributed by atoms with Crippen molar-refractivity contribution in [3.8, 4) is 0 Å². The maximum absolute atomic E-state index is 11.3. The fraction of sp³-hybridized carbons (Fsp3) is 0.692. The van der Waals surface area contributed by atoms with Crippen LogP contribution in [0.5, 0.6) is 0 Å². The van der Waals surface area contributed by atoms with Crippen molar-refractivity contribution in [3.63, 3.8) is 0 Å². The van der Waals surface area contributed by atoms with Crippen LogP contribution in [0.15, 0.2) is 10.9 Å². The van der Waals surface area contributed by atoms with E-state index in [9.17, 15) is 9.90 Å². The Bertz CT molecular complexity index is 410. The second-order valence-corrected chi connectivity index (χ2v) is 5.60. The monoisotopic (exact) mass is 284 g/mol. The minimum Gasteiger partial charge on any atom is -0.481 e. The molecule has 0 amide bonds. The molecule has 6 heteroatoms. The van der Waals surface area contributed by atoms with E-state index < -0.39 is 11.9 Å². The van der Waals surface area contributed by atoms with Crippen molar-refractivity contribution in [2.45, 2.75) is 32.4 Å². The average Bonchev–Trinajstić information content (AvgIpc) is 3.05. The third-order valence-corrected chi connectivity index (χ3v) is 4.26. The van der Waals surface area contributed by atoms with Crippen LogP contribution in [-0.2, 0) is 9.53 Å². The minimum atomic E-state index is -0.769. The number of carbonyl (C=O) groups is 1. The first-order valence-corrected chi connectivity index (χ1v) is 7.53. The highest BCUT2D eigenvalue weighted by Crippen LogP contribution is 2.29. The topological polar surface area (TPSA) is 62.7 Å². The number of hydrogen-bond donors (Lipinski definition) is 1. The van der Waals surface area contributed by atoms with E-state index in [2.05, 4.69) is 23.7 Å². The molecule has 2 rings (SSSR count). The van der Waals surface area contributed by atoms with Crippen LogP contribution >= 0.6 is 11.3 Å². The Morgan fingerprint density at radius 1 is 1.68 bits per heavy atom. The van der Waals surface area contributed by atoms with Gasteiger partial charge in [0.2, 0.25) is 0 Å². The first-order chi connectivity index (χ1) is 9.15. The molecule has 3 atom stereocenters. The number of nitrogens with zero attached hydrogens (tertiary/aromatic N) is 2. The van der Waals surface area contributed by atoms with Crippen LogP contribution in [0.3, 0.4) is 0 Å². The molecule has 0 radical (unpaired) electrons. The zero-order valence-corrected chi connectivity index (χ0v) is 12.1. The molecule has 0 aliphatic carbocycles. The summed E-state index contributed by atoms with van der Waals surface area (Å²) in [6, 6.07) is 0.0638. The SMILES string of the molecule is CCCN(C(C)c1cscn1)C1COCC1C(=O)O. The molecule has 1 aliphatic heterocycles. The van der Waals surface area contributed by atoms with Crippen LogP contribution in [0, 0.1) is 5.92 Å². The summed E-state index contributed by atoms with van der Waals surface area (Å²) in [4.78, 5) is 17.9. The Morgan fingerprint density at radius 2 is 2.47 bits per heavy atom. The van der Waals surface area contributed by atoms with E-state index in [4.69, 9.17) is 4.74 Å². The highest BCUT2D eigenvalue weighted by atomic mass is 32.1. The van der Waals surface area contributed by atoms with E-state index in [1.807, 2.05) is 10.9 Å². The predicted octanol–water partition coefficient (Wildman–Crippen LogP) is 2.02. The first-order valence-electron chi connectivity index (χ1n) is 6.59. The third-order valence-electron chi connectivity index (χ3n) is 3.65. The molecule has 1 N–H and O–H groups in total. The van der Waals surface area contributed by atoms with E-state index >= 15 is 0 Å². The lowest BCUT2D eigenvalue weighted by Crippen LogP contribution is -2.44. The second-order valence-electron chi connectivity index (χ2n) is 4.88. The minimum absolute atomic E-state index is 0.0610. The Balaban J connectivity index is 2.17. The standard InChI is InChI=1S/C13H20N2O3S/c1-3-4-15(9(2)11-7-19-8-14-11)12-6-18-5-10(12)13(16)17/h7-10,12H,3-6H2,1-2H3,(H,16,17). The van der Waals surface area contributed by atoms with E-state index in [1.54, 1.807) is 11.3 Å². The fourth-order valence-electron chi connectivity index (χ4n) is 2.61. The van der Waals surface area contributed by atoms with E-state index in [0.717, 1.165) is 18.7 Å². The van der Waals surface area contributed by atoms with Crippen molar-refractivity contribution < 1.29 is 14.6 Å². The maximum Gasteiger partial charge on any atom is 0.310 e. The van der Waals surface area contributed by atoms with Gasteiger partial charge in [0, 0.05) is 11.4 Å². The first kappa shape index (κ1) is 14.4. The quantitative estimate of drug-likeness (QED) is 0.866. The van der Waals surface area contributed by atoms with Crippen LogP contribution in [0.2, 0.25) is 0 Å². The molecule has 1 aromatic heterocycles. The Labute approximate surface area is 117 Å². The summed E-state index contributed by atoms with van der Waals surface area (Å²) in [5.41, 5.74) is 2.82. The van der Waals surface area contributed by atoms with Gasteiger partial charge in [0.05, 0.1) is 36.4 Å². The molecule has 2 heterocycles. The second kappa shape index (κ2) is 6.45. The normalized spacial score (nSPS) is 24.8. The van der Waals surface area contributed by atoms with Gasteiger partial charge in [-0.1, -0.05) is 6.92 Å². The number of thiazole rings is 1. The van der Waals surface area contributed by atoms with Crippen molar-refractivity contribution in [2.24, 2.45) is 5.92 Å². The molecule has 1 saturated heterocycles. The maximum atomic E-state index is 11.3. The van der Waals surface area contributed by atoms with Gasteiger partial charge in [-0.2, -0.15) is 0 Å². The summed E-state index contributed by atoms with van der Waals surface area (Å²) in [5, 5.41) is 11.3. The Hall–Kier alpha value is -0.980. The summed E-state index contributed by atoms with van der Waals surface area (Å²) in [7, 11) is 0. The van der Waals surface area contributed by atoms with E-state index in [-0.39, 0.29) is 12.1 Å². The molecular weight excluding hydrogens is 264 g/mol. The molecule has 0 saturated carbocycles. The lowest BCUT2D eigenvalue weighted by atomic mass is 10.00. The van der Waals surface area contributed by atoms with Crippen molar-refractivity contribution in [1.29, 1.82) is 0 Å². The van der Waals surface area contributed by atoms with Gasteiger partial charge >= 0.3 is 5.97 Å². The molecule has 0 aromatic carbocycles. The number of carboxylic acids is 1. The van der Waals surface area contributed by atoms with Crippen molar-refractivity contribution in [1.82, 2.24) is 9.88 Å². The summed E-state index contributed by atoms with van der Waals surface area (Å²) < 4.78 is 5.39. The molecular formula is C13H20N2O3S. The molecule has 19 heavy (non-hydrogen) atoms. The number of aromatic nitrogens is 1. The van der Waals surface area contributed by atoms with Gasteiger partial charge in [0.1, 0.15) is 0 Å². The smallest absolute Gasteiger partial charge is 0.310 e. The Kier molecular flexibility index (Phi) is 4.90. The van der Waals surface area contributed by atoms with Crippen molar-refractivity contribution in [2.75, 3.05) is 19.8 Å². The summed E-state index contributed by atoms with van der Waals surface area (Å²) >= 11 is 1.57. The van der Waals surface area contributed by atoms with Crippen LogP contribution in [0.25, 0.3) is 0 Å². The lowest BCUT2D eigenvalue weighted by Gasteiger charge is -2.34. The zero-order chi connectivity index (χ0) is 13.8. The zero-order valence-electron chi connectivity index (χ0n) is 11.3. The van der Waals surface area contributed by atoms with Crippen LogP contribution in [0.1, 0.15) is 32.0 Å². The molecule has 0 spiro atoms. The largest absolute Gasteiger partial charge is 0.481 e. The predicted molar refractivity (Wildman–Crippen MR) is 73.3 cm³/mol. The van der Waals surface area contributed by atoms with Gasteiger partial charge in [-0.05, 0) is 19.9 Å². The van der Waals surface area contributed by atoms with Gasteiger partial charge < -0.3 is 9.84 Å². The lowest BCUT2D eigenvalue weighted by molar-refractivity contribution is -0.143. The van der Waals surface area contributed by atoms with Gasteiger partial charge in [0.15, 0.2) is 0 Å². The highest BCUT2D eigenvalue weighted by molar-refractivity contribution is 7.07. The van der Waals surface area contributed by atoms with E-state index in [1.165, 1.54) is 0 Å². The number of hydrogen-bond acceptors (Lipinski definition) is 5. The third kappa shape index (κ3) is 3.13. The summed E-state index contributed by atoms with van der Waals surface area (Å²) in [5.74, 6) is -1.21. The molecule has 3 unspecified atom stereocenters. The van der Waals surface area contributed by atoms with Gasteiger partial charge in [-0.15, -0.1) is 11.3 Å². The summed E-state index contributed by atoms with van der Waals surface area (Å²) in [6.07, 6.45) is 0.983. The summed E-state index contributed by atoms with van der Waals surface area (Å²) in [6.45, 7) is 5.85. The molecule has 5 nitrogen and oxygen atoms in total. The number of carboxylic acid groups (broad SMARTS) is 1. The van der Waals surface area contributed by atoms with Crippen LogP contribution < -0.4 is 0 Å². The van der Waals surface area contributed by atoms with Gasteiger partial charge in [-0.25, -0.2) is 4.98 Å². The highest BCUT2D eigenvalue weighted by Gasteiger charge is 2.39. The number of ether oxygens (including phenoxy) is 1. The van der Waals surface area contributed by atoms with Crippen molar-refractivity contribution in [3.05, 3.63) is 16.6 Å². The van der Waals surface area contributed by atoms with Gasteiger partial charge in [0.25, 0.3) is 0 Å². The molecule has 106 valence electrons. The Morgan fingerprint density at radius 3 is 3.05 bits per heavy atom. The van der Waals surface area contributed by atoms with Crippen molar-refractivity contribution >= 4 is 17.3 Å². The molecule has 1 aliphatic rings. The number of aliphatic carboxylic acids is 1. The molecule has 1 aromatic rings. The average molecular weight is 284 g/mol. The van der Waals surface area contributed by atoms with Gasteiger partial charge in [-0.3, -0.25) is 9.69 Å². The number of rotatable bonds is 6. The van der Waals surface area contributed by atoms with Crippen LogP contribution in [-0.4, -0.2) is 46.8 Å². The molecule has 0 bridgehead atoms. The molecule has 1 fully saturated rings. The van der Waals surface area contributed by atoms with Crippen LogP contribution in [0.4, 0.5) is 0 Å². The van der Waals surface area contributed by atoms with E-state index in [0.29, 0.717) is 13.2 Å².